The second-order valence-corrected chi connectivity index (χ2v) is 7.62. The van der Waals surface area contributed by atoms with Gasteiger partial charge in [0.2, 0.25) is 11.8 Å². The monoisotopic (exact) mass is 397 g/mol. The number of hydrogen-bond acceptors (Lipinski definition) is 4. The van der Waals surface area contributed by atoms with Crippen molar-refractivity contribution in [2.45, 2.75) is 26.7 Å². The molecule has 0 fully saturated rings. The molecule has 0 atom stereocenters. The highest BCUT2D eigenvalue weighted by atomic mass is 16.5. The van der Waals surface area contributed by atoms with Crippen molar-refractivity contribution in [2.75, 3.05) is 37.9 Å². The van der Waals surface area contributed by atoms with Crippen LogP contribution in [0.25, 0.3) is 0 Å². The van der Waals surface area contributed by atoms with Crippen LogP contribution in [0.4, 0.5) is 11.4 Å². The van der Waals surface area contributed by atoms with Crippen LogP contribution in [0.3, 0.4) is 0 Å². The van der Waals surface area contributed by atoms with Gasteiger partial charge in [0.15, 0.2) is 0 Å². The van der Waals surface area contributed by atoms with Gasteiger partial charge in [0.05, 0.1) is 13.2 Å². The third-order valence-electron chi connectivity index (χ3n) is 4.23. The molecule has 0 radical (unpaired) electrons. The summed E-state index contributed by atoms with van der Waals surface area (Å²) >= 11 is 0. The van der Waals surface area contributed by atoms with Crippen molar-refractivity contribution in [3.8, 4) is 5.75 Å². The molecule has 156 valence electrons. The Labute approximate surface area is 173 Å². The average molecular weight is 398 g/mol. The lowest BCUT2D eigenvalue weighted by molar-refractivity contribution is -0.128. The number of anilines is 2. The fraction of sp³-hybridized carbons (Fsp3) is 0.391. The first-order valence-corrected chi connectivity index (χ1v) is 9.89. The molecular weight excluding hydrogens is 366 g/mol. The van der Waals surface area contributed by atoms with E-state index in [-0.39, 0.29) is 18.4 Å². The van der Waals surface area contributed by atoms with E-state index in [1.165, 1.54) is 0 Å². The van der Waals surface area contributed by atoms with E-state index in [0.29, 0.717) is 25.4 Å². The summed E-state index contributed by atoms with van der Waals surface area (Å²) in [5.74, 6) is 1.21. The van der Waals surface area contributed by atoms with Gasteiger partial charge in [-0.3, -0.25) is 9.59 Å². The molecule has 2 amide bonds. The molecule has 0 spiro atoms. The first-order valence-electron chi connectivity index (χ1n) is 9.89. The zero-order valence-electron chi connectivity index (χ0n) is 17.7. The van der Waals surface area contributed by atoms with Gasteiger partial charge in [0, 0.05) is 38.0 Å². The van der Waals surface area contributed by atoms with Gasteiger partial charge in [-0.05, 0) is 42.2 Å². The van der Waals surface area contributed by atoms with Gasteiger partial charge >= 0.3 is 0 Å². The van der Waals surface area contributed by atoms with E-state index < -0.39 is 0 Å². The lowest BCUT2D eigenvalue weighted by Gasteiger charge is -2.12. The number of carbonyl (C=O) groups excluding carboxylic acids is 2. The van der Waals surface area contributed by atoms with Gasteiger partial charge in [-0.1, -0.05) is 32.0 Å². The van der Waals surface area contributed by atoms with E-state index in [4.69, 9.17) is 4.74 Å². The van der Waals surface area contributed by atoms with Gasteiger partial charge in [-0.2, -0.15) is 0 Å². The minimum atomic E-state index is -0.131. The molecule has 0 aliphatic heterocycles. The Kier molecular flexibility index (Phi) is 8.52. The smallest absolute Gasteiger partial charge is 0.243 e. The summed E-state index contributed by atoms with van der Waals surface area (Å²) in [5.41, 5.74) is 2.63. The van der Waals surface area contributed by atoms with Crippen LogP contribution in [0, 0.1) is 5.92 Å². The Balaban J connectivity index is 1.79. The molecule has 0 bridgehead atoms. The normalized spacial score (nSPS) is 10.5. The van der Waals surface area contributed by atoms with Crippen molar-refractivity contribution in [1.29, 1.82) is 0 Å². The SMILES string of the molecule is CC(C)COc1cccc(NCC(=O)Nc2ccc(CCC(=O)N(C)C)cc2)c1. The maximum atomic E-state index is 12.2. The summed E-state index contributed by atoms with van der Waals surface area (Å²) in [5, 5.41) is 5.98. The number of amides is 2. The molecule has 6 heteroatoms. The summed E-state index contributed by atoms with van der Waals surface area (Å²) in [6.45, 7) is 5.01. The van der Waals surface area contributed by atoms with Gasteiger partial charge in [0.25, 0.3) is 0 Å². The van der Waals surface area contributed by atoms with E-state index in [9.17, 15) is 9.59 Å². The number of nitrogens with one attached hydrogen (secondary N) is 2. The molecule has 0 aliphatic rings. The standard InChI is InChI=1S/C23H31N3O3/c1-17(2)16-29-21-7-5-6-20(14-21)24-15-22(27)25-19-11-8-18(9-12-19)10-13-23(28)26(3)4/h5-9,11-12,14,17,24H,10,13,15-16H2,1-4H3,(H,25,27). The molecule has 0 unspecified atom stereocenters. The zero-order valence-corrected chi connectivity index (χ0v) is 17.7. The van der Waals surface area contributed by atoms with Gasteiger partial charge in [-0.15, -0.1) is 0 Å². The highest BCUT2D eigenvalue weighted by Gasteiger charge is 2.06. The van der Waals surface area contributed by atoms with Crippen LogP contribution in [0.2, 0.25) is 0 Å². The highest BCUT2D eigenvalue weighted by Crippen LogP contribution is 2.18. The number of ether oxygens (including phenoxy) is 1. The van der Waals surface area contributed by atoms with Crippen molar-refractivity contribution in [3.05, 3.63) is 54.1 Å². The van der Waals surface area contributed by atoms with Crippen molar-refractivity contribution < 1.29 is 14.3 Å². The highest BCUT2D eigenvalue weighted by molar-refractivity contribution is 5.93. The number of benzene rings is 2. The molecule has 0 aromatic heterocycles. The molecule has 2 N–H and O–H groups in total. The molecule has 2 aromatic rings. The maximum absolute atomic E-state index is 12.2. The van der Waals surface area contributed by atoms with Crippen LogP contribution in [-0.4, -0.2) is 44.0 Å². The van der Waals surface area contributed by atoms with Crippen molar-refractivity contribution >= 4 is 23.2 Å². The predicted octanol–water partition coefficient (Wildman–Crippen LogP) is 3.79. The lowest BCUT2D eigenvalue weighted by Crippen LogP contribution is -2.22. The van der Waals surface area contributed by atoms with Crippen LogP contribution < -0.4 is 15.4 Å². The molecule has 2 rings (SSSR count). The van der Waals surface area contributed by atoms with Crippen molar-refractivity contribution in [2.24, 2.45) is 5.92 Å². The largest absolute Gasteiger partial charge is 0.493 e. The average Bonchev–Trinajstić information content (AvgIpc) is 2.70. The zero-order chi connectivity index (χ0) is 21.2. The number of nitrogens with zero attached hydrogens (tertiary/aromatic N) is 1. The van der Waals surface area contributed by atoms with E-state index in [1.54, 1.807) is 19.0 Å². The number of carbonyl (C=O) groups is 2. The molecule has 0 saturated heterocycles. The summed E-state index contributed by atoms with van der Waals surface area (Å²) in [6, 6.07) is 15.2. The Morgan fingerprint density at radius 2 is 1.76 bits per heavy atom. The fourth-order valence-corrected chi connectivity index (χ4v) is 2.58. The quantitative estimate of drug-likeness (QED) is 0.640. The summed E-state index contributed by atoms with van der Waals surface area (Å²) in [6.07, 6.45) is 1.16. The third kappa shape index (κ3) is 8.25. The van der Waals surface area contributed by atoms with E-state index >= 15 is 0 Å². The molecule has 2 aromatic carbocycles. The summed E-state index contributed by atoms with van der Waals surface area (Å²) in [4.78, 5) is 25.5. The van der Waals surface area contributed by atoms with Crippen molar-refractivity contribution in [1.82, 2.24) is 4.90 Å². The van der Waals surface area contributed by atoms with Crippen molar-refractivity contribution in [3.63, 3.8) is 0 Å². The predicted molar refractivity (Wildman–Crippen MR) is 117 cm³/mol. The first-order chi connectivity index (χ1) is 13.8. The van der Waals surface area contributed by atoms with E-state index in [2.05, 4.69) is 24.5 Å². The first kappa shape index (κ1) is 22.3. The molecule has 0 aliphatic carbocycles. The molecule has 0 saturated carbocycles. The Hall–Kier alpha value is -3.02. The van der Waals surface area contributed by atoms with Crippen LogP contribution in [-0.2, 0) is 16.0 Å². The van der Waals surface area contributed by atoms with Crippen LogP contribution in [0.15, 0.2) is 48.5 Å². The maximum Gasteiger partial charge on any atom is 0.243 e. The van der Waals surface area contributed by atoms with Crippen LogP contribution in [0.5, 0.6) is 5.75 Å². The van der Waals surface area contributed by atoms with Gasteiger partial charge in [-0.25, -0.2) is 0 Å². The minimum absolute atomic E-state index is 0.104. The summed E-state index contributed by atoms with van der Waals surface area (Å²) in [7, 11) is 3.51. The van der Waals surface area contributed by atoms with E-state index in [1.807, 2.05) is 48.5 Å². The van der Waals surface area contributed by atoms with Crippen LogP contribution >= 0.6 is 0 Å². The Bertz CT molecular complexity index is 801. The van der Waals surface area contributed by atoms with Gasteiger partial charge < -0.3 is 20.3 Å². The molecular formula is C23H31N3O3. The second kappa shape index (κ2) is 11.1. The van der Waals surface area contributed by atoms with E-state index in [0.717, 1.165) is 22.7 Å². The number of aryl methyl sites for hydroxylation is 1. The molecule has 29 heavy (non-hydrogen) atoms. The number of rotatable bonds is 10. The minimum Gasteiger partial charge on any atom is -0.493 e. The molecule has 6 nitrogen and oxygen atoms in total. The van der Waals surface area contributed by atoms with Gasteiger partial charge in [0.1, 0.15) is 5.75 Å². The topological polar surface area (TPSA) is 70.7 Å². The number of hydrogen-bond donors (Lipinski definition) is 2. The fourth-order valence-electron chi connectivity index (χ4n) is 2.58. The summed E-state index contributed by atoms with van der Waals surface area (Å²) < 4.78 is 5.71. The Morgan fingerprint density at radius 1 is 1.03 bits per heavy atom. The second-order valence-electron chi connectivity index (χ2n) is 7.62. The molecule has 0 heterocycles. The Morgan fingerprint density at radius 3 is 2.41 bits per heavy atom. The third-order valence-corrected chi connectivity index (χ3v) is 4.23. The lowest BCUT2D eigenvalue weighted by atomic mass is 10.1. The van der Waals surface area contributed by atoms with Crippen LogP contribution in [0.1, 0.15) is 25.8 Å².